The number of aryl methyl sites for hydroxylation is 1. The molecule has 0 bridgehead atoms. The van der Waals surface area contributed by atoms with Gasteiger partial charge < -0.3 is 14.7 Å². The van der Waals surface area contributed by atoms with E-state index in [1.54, 1.807) is 31.2 Å². The Morgan fingerprint density at radius 3 is 2.54 bits per heavy atom. The van der Waals surface area contributed by atoms with Crippen LogP contribution in [0.3, 0.4) is 0 Å². The molecule has 3 rings (SSSR count). The Hall–Kier alpha value is -2.34. The highest BCUT2D eigenvalue weighted by molar-refractivity contribution is 6.31. The number of aromatic nitrogens is 1. The van der Waals surface area contributed by atoms with Gasteiger partial charge in [0.15, 0.2) is 0 Å². The highest BCUT2D eigenvalue weighted by Crippen LogP contribution is 2.29. The Labute approximate surface area is 157 Å². The Bertz CT molecular complexity index is 823. The van der Waals surface area contributed by atoms with E-state index in [4.69, 9.17) is 16.1 Å². The number of piperidine rings is 1. The number of anilines is 1. The molecular formula is C19H22ClN3O3. The number of likely N-dealkylation sites (tertiary alicyclic amines) is 1. The van der Waals surface area contributed by atoms with Crippen molar-refractivity contribution < 1.29 is 14.1 Å². The van der Waals surface area contributed by atoms with Crippen LogP contribution in [0.5, 0.6) is 0 Å². The van der Waals surface area contributed by atoms with E-state index in [-0.39, 0.29) is 23.8 Å². The minimum Gasteiger partial charge on any atom is -0.351 e. The maximum absolute atomic E-state index is 13.2. The molecule has 138 valence electrons. The standard InChI is InChI=1S/C19H22ClN3O3/c1-11-9-17(26-22-11)18(24)21-16-8-7-14(20)10-15(16)19(25)23-12(2)5-4-6-13(23)3/h7-10,12-13H,4-6H2,1-3H3,(H,21,24). The van der Waals surface area contributed by atoms with Gasteiger partial charge in [-0.25, -0.2) is 0 Å². The number of rotatable bonds is 3. The van der Waals surface area contributed by atoms with E-state index in [0.717, 1.165) is 19.3 Å². The first-order valence-electron chi connectivity index (χ1n) is 8.73. The van der Waals surface area contributed by atoms with Gasteiger partial charge in [0.25, 0.3) is 11.8 Å². The second-order valence-corrected chi connectivity index (χ2v) is 7.25. The quantitative estimate of drug-likeness (QED) is 0.868. The van der Waals surface area contributed by atoms with E-state index in [1.165, 1.54) is 0 Å². The van der Waals surface area contributed by atoms with E-state index in [2.05, 4.69) is 10.5 Å². The summed E-state index contributed by atoms with van der Waals surface area (Å²) < 4.78 is 4.99. The van der Waals surface area contributed by atoms with Gasteiger partial charge in [0.2, 0.25) is 5.76 Å². The number of amides is 2. The van der Waals surface area contributed by atoms with Crippen molar-refractivity contribution in [3.63, 3.8) is 0 Å². The van der Waals surface area contributed by atoms with Crippen molar-refractivity contribution in [2.75, 3.05) is 5.32 Å². The molecular weight excluding hydrogens is 354 g/mol. The number of carbonyl (C=O) groups is 2. The summed E-state index contributed by atoms with van der Waals surface area (Å²) in [5, 5.41) is 6.89. The predicted octanol–water partition coefficient (Wildman–Crippen LogP) is 4.29. The van der Waals surface area contributed by atoms with Crippen LogP contribution in [-0.4, -0.2) is 34.0 Å². The van der Waals surface area contributed by atoms with Crippen molar-refractivity contribution in [3.05, 3.63) is 46.3 Å². The number of benzene rings is 1. The van der Waals surface area contributed by atoms with Crippen LogP contribution in [0.2, 0.25) is 5.02 Å². The molecule has 1 aliphatic heterocycles. The Kier molecular flexibility index (Phi) is 5.32. The Morgan fingerprint density at radius 1 is 1.23 bits per heavy atom. The van der Waals surface area contributed by atoms with Crippen LogP contribution in [-0.2, 0) is 0 Å². The van der Waals surface area contributed by atoms with E-state index >= 15 is 0 Å². The van der Waals surface area contributed by atoms with Crippen molar-refractivity contribution in [2.45, 2.75) is 52.1 Å². The molecule has 1 aromatic heterocycles. The molecule has 1 N–H and O–H groups in total. The lowest BCUT2D eigenvalue weighted by Crippen LogP contribution is -2.47. The van der Waals surface area contributed by atoms with Crippen LogP contribution in [0.15, 0.2) is 28.8 Å². The fourth-order valence-electron chi connectivity index (χ4n) is 3.42. The highest BCUT2D eigenvalue weighted by atomic mass is 35.5. The second-order valence-electron chi connectivity index (χ2n) is 6.82. The molecule has 1 aliphatic rings. The maximum atomic E-state index is 13.2. The zero-order valence-electron chi connectivity index (χ0n) is 15.1. The molecule has 1 saturated heterocycles. The fourth-order valence-corrected chi connectivity index (χ4v) is 3.59. The van der Waals surface area contributed by atoms with E-state index in [0.29, 0.717) is 22.0 Å². The summed E-state index contributed by atoms with van der Waals surface area (Å²) in [6, 6.07) is 6.70. The van der Waals surface area contributed by atoms with Crippen LogP contribution in [0.1, 0.15) is 59.7 Å². The molecule has 26 heavy (non-hydrogen) atoms. The lowest BCUT2D eigenvalue weighted by atomic mass is 9.96. The predicted molar refractivity (Wildman–Crippen MR) is 99.6 cm³/mol. The summed E-state index contributed by atoms with van der Waals surface area (Å²) in [6.07, 6.45) is 3.04. The minimum atomic E-state index is -0.457. The van der Waals surface area contributed by atoms with Gasteiger partial charge in [-0.15, -0.1) is 0 Å². The summed E-state index contributed by atoms with van der Waals surface area (Å²) >= 11 is 6.12. The molecule has 2 unspecified atom stereocenters. The summed E-state index contributed by atoms with van der Waals surface area (Å²) in [4.78, 5) is 27.5. The monoisotopic (exact) mass is 375 g/mol. The largest absolute Gasteiger partial charge is 0.351 e. The third kappa shape index (κ3) is 3.75. The van der Waals surface area contributed by atoms with Crippen molar-refractivity contribution in [1.82, 2.24) is 10.1 Å². The number of hydrogen-bond acceptors (Lipinski definition) is 4. The Morgan fingerprint density at radius 2 is 1.92 bits per heavy atom. The molecule has 6 nitrogen and oxygen atoms in total. The van der Waals surface area contributed by atoms with E-state index < -0.39 is 5.91 Å². The van der Waals surface area contributed by atoms with Crippen LogP contribution in [0, 0.1) is 6.92 Å². The lowest BCUT2D eigenvalue weighted by molar-refractivity contribution is 0.0512. The van der Waals surface area contributed by atoms with Gasteiger partial charge in [0.1, 0.15) is 0 Å². The Balaban J connectivity index is 1.90. The van der Waals surface area contributed by atoms with Crippen molar-refractivity contribution in [2.24, 2.45) is 0 Å². The first-order chi connectivity index (χ1) is 12.4. The zero-order valence-corrected chi connectivity index (χ0v) is 15.8. The molecule has 0 radical (unpaired) electrons. The molecule has 2 aromatic rings. The molecule has 2 atom stereocenters. The van der Waals surface area contributed by atoms with Gasteiger partial charge in [-0.2, -0.15) is 0 Å². The van der Waals surface area contributed by atoms with Gasteiger partial charge in [-0.1, -0.05) is 16.8 Å². The number of hydrogen-bond donors (Lipinski definition) is 1. The average Bonchev–Trinajstić information content (AvgIpc) is 3.02. The maximum Gasteiger partial charge on any atom is 0.294 e. The molecule has 2 amide bonds. The molecule has 0 spiro atoms. The molecule has 1 aromatic carbocycles. The molecule has 1 fully saturated rings. The van der Waals surface area contributed by atoms with Gasteiger partial charge in [-0.3, -0.25) is 9.59 Å². The summed E-state index contributed by atoms with van der Waals surface area (Å²) in [5.74, 6) is -0.492. The van der Waals surface area contributed by atoms with E-state index in [1.807, 2.05) is 18.7 Å². The van der Waals surface area contributed by atoms with Crippen LogP contribution in [0.4, 0.5) is 5.69 Å². The third-order valence-electron chi connectivity index (χ3n) is 4.74. The van der Waals surface area contributed by atoms with Gasteiger partial charge in [0, 0.05) is 23.2 Å². The highest BCUT2D eigenvalue weighted by Gasteiger charge is 2.31. The van der Waals surface area contributed by atoms with Gasteiger partial charge in [0.05, 0.1) is 16.9 Å². The van der Waals surface area contributed by atoms with Crippen LogP contribution >= 0.6 is 11.6 Å². The summed E-state index contributed by atoms with van der Waals surface area (Å²) in [6.45, 7) is 5.83. The van der Waals surface area contributed by atoms with Gasteiger partial charge >= 0.3 is 0 Å². The normalized spacial score (nSPS) is 20.1. The van der Waals surface area contributed by atoms with Crippen molar-refractivity contribution >= 4 is 29.1 Å². The minimum absolute atomic E-state index is 0.0931. The summed E-state index contributed by atoms with van der Waals surface area (Å²) in [7, 11) is 0. The smallest absolute Gasteiger partial charge is 0.294 e. The molecule has 0 saturated carbocycles. The van der Waals surface area contributed by atoms with Crippen LogP contribution < -0.4 is 5.32 Å². The first-order valence-corrected chi connectivity index (χ1v) is 9.11. The fraction of sp³-hybridized carbons (Fsp3) is 0.421. The molecule has 0 aliphatic carbocycles. The lowest BCUT2D eigenvalue weighted by Gasteiger charge is -2.39. The SMILES string of the molecule is Cc1cc(C(=O)Nc2ccc(Cl)cc2C(=O)N2C(C)CCCC2C)on1. The third-order valence-corrected chi connectivity index (χ3v) is 4.98. The van der Waals surface area contributed by atoms with Crippen molar-refractivity contribution in [1.29, 1.82) is 0 Å². The molecule has 2 heterocycles. The van der Waals surface area contributed by atoms with Gasteiger partial charge in [-0.05, 0) is 58.2 Å². The van der Waals surface area contributed by atoms with Crippen molar-refractivity contribution in [3.8, 4) is 0 Å². The van der Waals surface area contributed by atoms with Crippen LogP contribution in [0.25, 0.3) is 0 Å². The average molecular weight is 376 g/mol. The second kappa shape index (κ2) is 7.50. The molecule has 7 heteroatoms. The first kappa shape index (κ1) is 18.5. The van der Waals surface area contributed by atoms with E-state index in [9.17, 15) is 9.59 Å². The number of nitrogens with one attached hydrogen (secondary N) is 1. The summed E-state index contributed by atoms with van der Waals surface area (Å²) in [5.41, 5.74) is 1.39. The zero-order chi connectivity index (χ0) is 18.8. The number of carbonyl (C=O) groups excluding carboxylic acids is 2. The number of nitrogens with zero attached hydrogens (tertiary/aromatic N) is 2. The topological polar surface area (TPSA) is 75.4 Å². The number of halogens is 1.